The van der Waals surface area contributed by atoms with Gasteiger partial charge < -0.3 is 15.4 Å². The lowest BCUT2D eigenvalue weighted by molar-refractivity contribution is -0.121. The van der Waals surface area contributed by atoms with Crippen LogP contribution in [0.25, 0.3) is 0 Å². The summed E-state index contributed by atoms with van der Waals surface area (Å²) in [5.74, 6) is -0.654. The Morgan fingerprint density at radius 1 is 1.23 bits per heavy atom. The average Bonchev–Trinajstić information content (AvgIpc) is 3.40. The fourth-order valence-electron chi connectivity index (χ4n) is 5.71. The number of rotatable bonds is 8. The van der Waals surface area contributed by atoms with Crippen LogP contribution < -0.4 is 10.6 Å². The summed E-state index contributed by atoms with van der Waals surface area (Å²) in [6.07, 6.45) is 9.88. The number of nitrogens with one attached hydrogen (secondary N) is 2. The van der Waals surface area contributed by atoms with Crippen molar-refractivity contribution in [2.45, 2.75) is 63.8 Å². The van der Waals surface area contributed by atoms with E-state index in [-0.39, 0.29) is 29.1 Å². The van der Waals surface area contributed by atoms with E-state index in [1.165, 1.54) is 16.9 Å². The number of halogens is 1. The fourth-order valence-corrected chi connectivity index (χ4v) is 5.71. The third-order valence-corrected chi connectivity index (χ3v) is 8.23. The monoisotopic (exact) mass is 483 g/mol. The Bertz CT molecular complexity index is 1090. The molecule has 2 aromatic heterocycles. The molecule has 1 unspecified atom stereocenters. The maximum Gasteiger partial charge on any atom is 0.270 e. The highest BCUT2D eigenvalue weighted by molar-refractivity contribution is 6.00. The normalized spacial score (nSPS) is 21.6. The van der Waals surface area contributed by atoms with Crippen molar-refractivity contribution in [2.24, 2.45) is 24.3 Å². The Morgan fingerprint density at radius 2 is 1.97 bits per heavy atom. The molecule has 0 bridgehead atoms. The van der Waals surface area contributed by atoms with Gasteiger partial charge in [0.25, 0.3) is 5.91 Å². The van der Waals surface area contributed by atoms with Crippen LogP contribution in [-0.2, 0) is 16.6 Å². The predicted molar refractivity (Wildman–Crippen MR) is 128 cm³/mol. The van der Waals surface area contributed by atoms with E-state index in [1.807, 2.05) is 0 Å². The molecule has 3 fully saturated rings. The van der Waals surface area contributed by atoms with E-state index in [4.69, 9.17) is 4.74 Å². The highest BCUT2D eigenvalue weighted by Crippen LogP contribution is 2.58. The molecular weight excluding hydrogens is 449 g/mol. The second kappa shape index (κ2) is 9.68. The largest absolute Gasteiger partial charge is 0.381 e. The molecule has 2 atom stereocenters. The van der Waals surface area contributed by atoms with Crippen LogP contribution in [0.3, 0.4) is 0 Å². The van der Waals surface area contributed by atoms with Crippen LogP contribution in [0.4, 0.5) is 10.1 Å². The second-order valence-electron chi connectivity index (χ2n) is 10.6. The van der Waals surface area contributed by atoms with E-state index in [1.54, 1.807) is 19.3 Å². The minimum absolute atomic E-state index is 0.0171. The minimum Gasteiger partial charge on any atom is -0.381 e. The van der Waals surface area contributed by atoms with Gasteiger partial charge in [-0.3, -0.25) is 19.3 Å². The lowest BCUT2D eigenvalue weighted by Gasteiger charge is -2.42. The van der Waals surface area contributed by atoms with Crippen molar-refractivity contribution >= 4 is 17.5 Å². The van der Waals surface area contributed by atoms with Crippen LogP contribution in [0.15, 0.2) is 24.5 Å². The van der Waals surface area contributed by atoms with Gasteiger partial charge in [-0.25, -0.2) is 4.39 Å². The number of aromatic nitrogens is 3. The van der Waals surface area contributed by atoms with Crippen molar-refractivity contribution in [1.29, 1.82) is 0 Å². The number of hydrogen-bond acceptors (Lipinski definition) is 5. The summed E-state index contributed by atoms with van der Waals surface area (Å²) < 4.78 is 21.8. The molecule has 2 aliphatic carbocycles. The second-order valence-corrected chi connectivity index (χ2v) is 10.6. The lowest BCUT2D eigenvalue weighted by atomic mass is 9.66. The van der Waals surface area contributed by atoms with E-state index in [9.17, 15) is 14.0 Å². The summed E-state index contributed by atoms with van der Waals surface area (Å²) in [5.41, 5.74) is 1.13. The summed E-state index contributed by atoms with van der Waals surface area (Å²) in [7, 11) is 1.70. The zero-order chi connectivity index (χ0) is 24.6. The van der Waals surface area contributed by atoms with Gasteiger partial charge in [0.15, 0.2) is 0 Å². The molecule has 8 nitrogen and oxygen atoms in total. The van der Waals surface area contributed by atoms with Crippen molar-refractivity contribution in [3.05, 3.63) is 41.7 Å². The topological polar surface area (TPSA) is 98.1 Å². The van der Waals surface area contributed by atoms with Gasteiger partial charge in [0.05, 0.1) is 17.6 Å². The van der Waals surface area contributed by atoms with Crippen LogP contribution in [0.5, 0.6) is 0 Å². The minimum atomic E-state index is -0.728. The first-order chi connectivity index (χ1) is 16.9. The third-order valence-electron chi connectivity index (χ3n) is 8.23. The molecule has 3 heterocycles. The van der Waals surface area contributed by atoms with E-state index in [0.29, 0.717) is 36.2 Å². The molecule has 2 N–H and O–H groups in total. The summed E-state index contributed by atoms with van der Waals surface area (Å²) in [5, 5.41) is 9.95. The van der Waals surface area contributed by atoms with Gasteiger partial charge in [-0.05, 0) is 49.0 Å². The van der Waals surface area contributed by atoms with Crippen LogP contribution in [0.2, 0.25) is 0 Å². The van der Waals surface area contributed by atoms with Crippen LogP contribution in [-0.4, -0.2) is 45.8 Å². The van der Waals surface area contributed by atoms with Crippen molar-refractivity contribution in [2.75, 3.05) is 18.5 Å². The molecule has 35 heavy (non-hydrogen) atoms. The van der Waals surface area contributed by atoms with Crippen LogP contribution >= 0.6 is 0 Å². The van der Waals surface area contributed by atoms with Gasteiger partial charge in [-0.15, -0.1) is 0 Å². The molecule has 3 aliphatic rings. The summed E-state index contributed by atoms with van der Waals surface area (Å²) in [6, 6.07) is 2.25. The standard InChI is InChI=1S/C26H34FN5O3/c1-26(9-10-26)21(16-4-3-5-16)23(31-24(33)20-6-11-29-32(20)2)25(34)30-18-14-19(27)22(28-15-18)17-7-12-35-13-8-17/h6,11,14-17,21,23H,3-5,7-10,12-13H2,1-2H3,(H,30,34)(H,31,33)/t21?,23-/m0/s1. The maximum atomic E-state index is 14.9. The van der Waals surface area contributed by atoms with E-state index in [2.05, 4.69) is 27.6 Å². The van der Waals surface area contributed by atoms with Gasteiger partial charge in [-0.2, -0.15) is 5.10 Å². The smallest absolute Gasteiger partial charge is 0.270 e. The number of hydrogen-bond donors (Lipinski definition) is 2. The van der Waals surface area contributed by atoms with Gasteiger partial charge in [0, 0.05) is 38.4 Å². The van der Waals surface area contributed by atoms with Crippen molar-refractivity contribution in [3.8, 4) is 0 Å². The van der Waals surface area contributed by atoms with Gasteiger partial charge in [0.1, 0.15) is 17.6 Å². The zero-order valence-corrected chi connectivity index (χ0v) is 20.4. The number of amides is 2. The number of nitrogens with zero attached hydrogens (tertiary/aromatic N) is 3. The first-order valence-electron chi connectivity index (χ1n) is 12.7. The van der Waals surface area contributed by atoms with Crippen molar-refractivity contribution in [1.82, 2.24) is 20.1 Å². The van der Waals surface area contributed by atoms with Gasteiger partial charge >= 0.3 is 0 Å². The summed E-state index contributed by atoms with van der Waals surface area (Å²) in [6.45, 7) is 3.41. The molecule has 0 radical (unpaired) electrons. The SMILES string of the molecule is Cn1nccc1C(=O)N[C@H](C(=O)Nc1cnc(C2CCOCC2)c(F)c1)C(C1CCC1)C1(C)CC1. The predicted octanol–water partition coefficient (Wildman–Crippen LogP) is 3.80. The number of aryl methyl sites for hydroxylation is 1. The number of carbonyl (C=O) groups is 2. The Balaban J connectivity index is 1.38. The van der Waals surface area contributed by atoms with Crippen molar-refractivity contribution in [3.63, 3.8) is 0 Å². The molecule has 1 saturated heterocycles. The average molecular weight is 484 g/mol. The van der Waals surface area contributed by atoms with E-state index in [0.717, 1.165) is 44.9 Å². The molecular formula is C26H34FN5O3. The van der Waals surface area contributed by atoms with E-state index >= 15 is 0 Å². The Hall–Kier alpha value is -2.81. The van der Waals surface area contributed by atoms with Crippen molar-refractivity contribution < 1.29 is 18.7 Å². The Morgan fingerprint density at radius 3 is 2.54 bits per heavy atom. The zero-order valence-electron chi connectivity index (χ0n) is 20.4. The molecule has 9 heteroatoms. The first-order valence-corrected chi connectivity index (χ1v) is 12.7. The number of carbonyl (C=O) groups excluding carboxylic acids is 2. The maximum absolute atomic E-state index is 14.9. The Labute approximate surface area is 205 Å². The third kappa shape index (κ3) is 4.96. The molecule has 5 rings (SSSR count). The number of ether oxygens (including phenoxy) is 1. The molecule has 2 amide bonds. The molecule has 188 valence electrons. The first kappa shape index (κ1) is 23.9. The molecule has 1 aliphatic heterocycles. The highest BCUT2D eigenvalue weighted by Gasteiger charge is 2.54. The molecule has 2 aromatic rings. The quantitative estimate of drug-likeness (QED) is 0.595. The number of pyridine rings is 1. The van der Waals surface area contributed by atoms with E-state index < -0.39 is 11.9 Å². The molecule has 0 aromatic carbocycles. The number of anilines is 1. The van der Waals surface area contributed by atoms with Gasteiger partial charge in [-0.1, -0.05) is 26.2 Å². The fraction of sp³-hybridized carbons (Fsp3) is 0.615. The van der Waals surface area contributed by atoms with Crippen LogP contribution in [0.1, 0.15) is 74.0 Å². The molecule has 2 saturated carbocycles. The Kier molecular flexibility index (Phi) is 6.61. The lowest BCUT2D eigenvalue weighted by Crippen LogP contribution is -2.54. The van der Waals surface area contributed by atoms with Gasteiger partial charge in [0.2, 0.25) is 5.91 Å². The summed E-state index contributed by atoms with van der Waals surface area (Å²) >= 11 is 0. The molecule has 0 spiro atoms. The highest BCUT2D eigenvalue weighted by atomic mass is 19.1. The summed E-state index contributed by atoms with van der Waals surface area (Å²) in [4.78, 5) is 31.1. The van der Waals surface area contributed by atoms with Crippen LogP contribution in [0, 0.1) is 23.1 Å².